The molecule has 1 N–H and O–H groups in total. The Morgan fingerprint density at radius 2 is 1.78 bits per heavy atom. The van der Waals surface area contributed by atoms with Crippen molar-refractivity contribution in [1.82, 2.24) is 10.2 Å². The number of hydrogen-bond acceptors (Lipinski definition) is 3. The van der Waals surface area contributed by atoms with Crippen molar-refractivity contribution in [3.8, 4) is 11.5 Å². The number of aryl methyl sites for hydroxylation is 1. The molecule has 0 aliphatic carbocycles. The monoisotopic (exact) mass is 373 g/mol. The first-order valence-corrected chi connectivity index (χ1v) is 8.86. The average Bonchev–Trinajstić information content (AvgIpc) is 2.69. The molecule has 0 spiro atoms. The summed E-state index contributed by atoms with van der Waals surface area (Å²) >= 11 is 0. The molecule has 0 saturated carbocycles. The van der Waals surface area contributed by atoms with Crippen LogP contribution in [0.5, 0.6) is 11.5 Å². The van der Waals surface area contributed by atoms with E-state index in [1.165, 1.54) is 0 Å². The highest BCUT2D eigenvalue weighted by Gasteiger charge is 2.09. The van der Waals surface area contributed by atoms with Gasteiger partial charge in [-0.3, -0.25) is 4.99 Å². The standard InChI is InChI=1S/C21H28FN3O2/c1-15-6-7-17(12-18(15)22)14-24-21(23-2)25(3)11-10-16-8-9-19(26-4)20(13-16)27-5/h6-9,12-13H,10-11,14H2,1-5H3,(H,23,24). The molecule has 2 aromatic rings. The predicted molar refractivity (Wildman–Crippen MR) is 107 cm³/mol. The number of guanidine groups is 1. The predicted octanol–water partition coefficient (Wildman–Crippen LogP) is 3.40. The van der Waals surface area contributed by atoms with E-state index in [1.54, 1.807) is 40.3 Å². The second-order valence-electron chi connectivity index (χ2n) is 6.35. The molecule has 2 aromatic carbocycles. The number of nitrogens with zero attached hydrogens (tertiary/aromatic N) is 2. The van der Waals surface area contributed by atoms with Gasteiger partial charge in [-0.15, -0.1) is 0 Å². The van der Waals surface area contributed by atoms with Crippen LogP contribution in [0.2, 0.25) is 0 Å². The van der Waals surface area contributed by atoms with Crippen molar-refractivity contribution in [1.29, 1.82) is 0 Å². The van der Waals surface area contributed by atoms with Crippen LogP contribution in [0.1, 0.15) is 16.7 Å². The van der Waals surface area contributed by atoms with E-state index in [1.807, 2.05) is 36.2 Å². The summed E-state index contributed by atoms with van der Waals surface area (Å²) < 4.78 is 24.3. The first-order chi connectivity index (χ1) is 13.0. The Morgan fingerprint density at radius 1 is 1.07 bits per heavy atom. The second kappa shape index (κ2) is 9.80. The van der Waals surface area contributed by atoms with Gasteiger partial charge in [-0.25, -0.2) is 4.39 Å². The topological polar surface area (TPSA) is 46.1 Å². The SMILES string of the molecule is CN=C(NCc1ccc(C)c(F)c1)N(C)CCc1ccc(OC)c(OC)c1. The molecule has 0 unspecified atom stereocenters. The molecule has 0 atom stereocenters. The van der Waals surface area contributed by atoms with Gasteiger partial charge in [0.15, 0.2) is 17.5 Å². The van der Waals surface area contributed by atoms with Crippen LogP contribution in [0.25, 0.3) is 0 Å². The van der Waals surface area contributed by atoms with Gasteiger partial charge in [0.25, 0.3) is 0 Å². The van der Waals surface area contributed by atoms with Crippen LogP contribution in [0.4, 0.5) is 4.39 Å². The number of likely N-dealkylation sites (N-methyl/N-ethyl adjacent to an activating group) is 1. The molecule has 6 heteroatoms. The number of aliphatic imine (C=N–C) groups is 1. The maximum atomic E-state index is 13.7. The minimum atomic E-state index is -0.189. The Bertz CT molecular complexity index is 793. The van der Waals surface area contributed by atoms with Gasteiger partial charge < -0.3 is 19.7 Å². The molecule has 0 saturated heterocycles. The molecule has 5 nitrogen and oxygen atoms in total. The van der Waals surface area contributed by atoms with E-state index < -0.39 is 0 Å². The number of benzene rings is 2. The Balaban J connectivity index is 1.93. The lowest BCUT2D eigenvalue weighted by atomic mass is 10.1. The van der Waals surface area contributed by atoms with E-state index in [2.05, 4.69) is 10.3 Å². The molecular formula is C21H28FN3O2. The Kier molecular flexibility index (Phi) is 7.46. The van der Waals surface area contributed by atoms with Crippen LogP contribution < -0.4 is 14.8 Å². The molecule has 2 rings (SSSR count). The number of rotatable bonds is 7. The van der Waals surface area contributed by atoms with Gasteiger partial charge in [-0.1, -0.05) is 18.2 Å². The van der Waals surface area contributed by atoms with Crippen molar-refractivity contribution in [2.75, 3.05) is 34.9 Å². The maximum absolute atomic E-state index is 13.7. The second-order valence-corrected chi connectivity index (χ2v) is 6.35. The van der Waals surface area contributed by atoms with Crippen molar-refractivity contribution in [2.24, 2.45) is 4.99 Å². The molecule has 146 valence electrons. The third kappa shape index (κ3) is 5.61. The molecular weight excluding hydrogens is 345 g/mol. The van der Waals surface area contributed by atoms with Crippen molar-refractivity contribution in [2.45, 2.75) is 19.9 Å². The van der Waals surface area contributed by atoms with E-state index in [-0.39, 0.29) is 5.82 Å². The highest BCUT2D eigenvalue weighted by molar-refractivity contribution is 5.79. The lowest BCUT2D eigenvalue weighted by Crippen LogP contribution is -2.39. The van der Waals surface area contributed by atoms with E-state index in [0.29, 0.717) is 12.1 Å². The van der Waals surface area contributed by atoms with E-state index >= 15 is 0 Å². The smallest absolute Gasteiger partial charge is 0.193 e. The Hall–Kier alpha value is -2.76. The number of halogens is 1. The normalized spacial score (nSPS) is 11.3. The average molecular weight is 373 g/mol. The molecule has 0 aromatic heterocycles. The van der Waals surface area contributed by atoms with Crippen LogP contribution in [-0.2, 0) is 13.0 Å². The van der Waals surface area contributed by atoms with Crippen LogP contribution in [0.15, 0.2) is 41.4 Å². The van der Waals surface area contributed by atoms with Gasteiger partial charge in [-0.05, 0) is 48.2 Å². The van der Waals surface area contributed by atoms with Crippen LogP contribution in [0.3, 0.4) is 0 Å². The van der Waals surface area contributed by atoms with E-state index in [9.17, 15) is 4.39 Å². The molecule has 0 radical (unpaired) electrons. The zero-order valence-electron chi connectivity index (χ0n) is 16.7. The van der Waals surface area contributed by atoms with Gasteiger partial charge in [0.05, 0.1) is 14.2 Å². The van der Waals surface area contributed by atoms with E-state index in [4.69, 9.17) is 9.47 Å². The zero-order valence-corrected chi connectivity index (χ0v) is 16.7. The van der Waals surface area contributed by atoms with Crippen molar-refractivity contribution >= 4 is 5.96 Å². The van der Waals surface area contributed by atoms with E-state index in [0.717, 1.165) is 41.6 Å². The van der Waals surface area contributed by atoms with Gasteiger partial charge in [0.1, 0.15) is 5.82 Å². The van der Waals surface area contributed by atoms with Crippen molar-refractivity contribution in [3.05, 3.63) is 58.9 Å². The molecule has 0 aliphatic heterocycles. The molecule has 0 bridgehead atoms. The lowest BCUT2D eigenvalue weighted by molar-refractivity contribution is 0.354. The fraction of sp³-hybridized carbons (Fsp3) is 0.381. The minimum absolute atomic E-state index is 0.189. The third-order valence-corrected chi connectivity index (χ3v) is 4.44. The molecule has 0 heterocycles. The molecule has 0 aliphatic rings. The fourth-order valence-electron chi connectivity index (χ4n) is 2.75. The molecule has 0 fully saturated rings. The van der Waals surface area contributed by atoms with Gasteiger partial charge in [0, 0.05) is 27.2 Å². The first-order valence-electron chi connectivity index (χ1n) is 8.86. The van der Waals surface area contributed by atoms with Gasteiger partial charge in [-0.2, -0.15) is 0 Å². The summed E-state index contributed by atoms with van der Waals surface area (Å²) in [5.41, 5.74) is 2.68. The highest BCUT2D eigenvalue weighted by atomic mass is 19.1. The Morgan fingerprint density at radius 3 is 2.41 bits per heavy atom. The maximum Gasteiger partial charge on any atom is 0.193 e. The lowest BCUT2D eigenvalue weighted by Gasteiger charge is -2.22. The molecule has 27 heavy (non-hydrogen) atoms. The minimum Gasteiger partial charge on any atom is -0.493 e. The first kappa shape index (κ1) is 20.6. The van der Waals surface area contributed by atoms with Crippen LogP contribution in [-0.4, -0.2) is 45.7 Å². The quantitative estimate of drug-likeness (QED) is 0.597. The third-order valence-electron chi connectivity index (χ3n) is 4.44. The number of ether oxygens (including phenoxy) is 2. The summed E-state index contributed by atoms with van der Waals surface area (Å²) in [7, 11) is 6.98. The zero-order chi connectivity index (χ0) is 19.8. The fourth-order valence-corrected chi connectivity index (χ4v) is 2.75. The summed E-state index contributed by atoms with van der Waals surface area (Å²) in [6.07, 6.45) is 0.830. The summed E-state index contributed by atoms with van der Waals surface area (Å²) in [6.45, 7) is 3.05. The summed E-state index contributed by atoms with van der Waals surface area (Å²) in [5.74, 6) is 2.02. The highest BCUT2D eigenvalue weighted by Crippen LogP contribution is 2.27. The summed E-state index contributed by atoms with van der Waals surface area (Å²) in [5, 5.41) is 3.27. The summed E-state index contributed by atoms with van der Waals surface area (Å²) in [4.78, 5) is 6.35. The number of methoxy groups -OCH3 is 2. The summed E-state index contributed by atoms with van der Waals surface area (Å²) in [6, 6.07) is 11.2. The number of hydrogen-bond donors (Lipinski definition) is 1. The van der Waals surface area contributed by atoms with Gasteiger partial charge >= 0.3 is 0 Å². The van der Waals surface area contributed by atoms with Crippen LogP contribution in [0, 0.1) is 12.7 Å². The van der Waals surface area contributed by atoms with Gasteiger partial charge in [0.2, 0.25) is 0 Å². The van der Waals surface area contributed by atoms with Crippen molar-refractivity contribution < 1.29 is 13.9 Å². The van der Waals surface area contributed by atoms with Crippen LogP contribution >= 0.6 is 0 Å². The van der Waals surface area contributed by atoms with Crippen molar-refractivity contribution in [3.63, 3.8) is 0 Å². The number of nitrogens with one attached hydrogen (secondary N) is 1. The molecule has 0 amide bonds. The Labute approximate surface area is 160 Å². The largest absolute Gasteiger partial charge is 0.493 e.